The number of phenols is 4. The van der Waals surface area contributed by atoms with Gasteiger partial charge in [0.05, 0.1) is 6.61 Å². The topological polar surface area (TPSA) is 136 Å². The van der Waals surface area contributed by atoms with Crippen molar-refractivity contribution in [2.45, 2.75) is 19.1 Å². The van der Waals surface area contributed by atoms with Crippen LogP contribution in [0.5, 0.6) is 23.0 Å². The molecule has 1 amide bonds. The summed E-state index contributed by atoms with van der Waals surface area (Å²) in [6, 6.07) is 8.27. The van der Waals surface area contributed by atoms with Crippen molar-refractivity contribution in [3.05, 3.63) is 53.6 Å². The molecular formula is C19H22NO7P. The van der Waals surface area contributed by atoms with Crippen LogP contribution < -0.4 is 5.32 Å². The molecule has 5 N–H and O–H groups in total. The minimum Gasteiger partial charge on any atom is -0.504 e. The van der Waals surface area contributed by atoms with E-state index in [2.05, 4.69) is 5.32 Å². The first-order valence-corrected chi connectivity index (χ1v) is 9.87. The van der Waals surface area contributed by atoms with Crippen molar-refractivity contribution >= 4 is 20.0 Å². The first-order valence-electron chi connectivity index (χ1n) is 8.48. The summed E-state index contributed by atoms with van der Waals surface area (Å²) in [7, 11) is -2.62. The monoisotopic (exact) mass is 407 g/mol. The van der Waals surface area contributed by atoms with Gasteiger partial charge in [0.25, 0.3) is 0 Å². The van der Waals surface area contributed by atoms with E-state index >= 15 is 0 Å². The molecule has 0 radical (unpaired) electrons. The van der Waals surface area contributed by atoms with Crippen LogP contribution in [0.1, 0.15) is 18.1 Å². The van der Waals surface area contributed by atoms with Gasteiger partial charge >= 0.3 is 0 Å². The number of rotatable bonds is 8. The van der Waals surface area contributed by atoms with E-state index in [1.54, 1.807) is 13.0 Å². The molecule has 2 unspecified atom stereocenters. The number of nitrogens with one attached hydrogen (secondary N) is 1. The average molecular weight is 407 g/mol. The smallest absolute Gasteiger partial charge is 0.244 e. The molecule has 0 saturated heterocycles. The Morgan fingerprint density at radius 2 is 1.71 bits per heavy atom. The Bertz CT molecular complexity index is 898. The minimum atomic E-state index is -2.62. The second-order valence-corrected chi connectivity index (χ2v) is 7.55. The van der Waals surface area contributed by atoms with Gasteiger partial charge < -0.3 is 30.3 Å². The molecule has 2 rings (SSSR count). The maximum atomic E-state index is 12.3. The first kappa shape index (κ1) is 21.3. The van der Waals surface area contributed by atoms with Gasteiger partial charge in [-0.15, -0.1) is 0 Å². The van der Waals surface area contributed by atoms with E-state index in [-0.39, 0.29) is 36.0 Å². The number of benzene rings is 2. The van der Waals surface area contributed by atoms with Gasteiger partial charge in [-0.05, 0) is 48.4 Å². The fourth-order valence-electron chi connectivity index (χ4n) is 2.40. The van der Waals surface area contributed by atoms with Crippen LogP contribution in [0.15, 0.2) is 42.5 Å². The van der Waals surface area contributed by atoms with Gasteiger partial charge in [0, 0.05) is 12.5 Å². The van der Waals surface area contributed by atoms with Crippen LogP contribution in [0.25, 0.3) is 6.08 Å². The minimum absolute atomic E-state index is 0.130. The zero-order valence-corrected chi connectivity index (χ0v) is 16.1. The molecule has 0 aliphatic carbocycles. The molecule has 0 aliphatic rings. The van der Waals surface area contributed by atoms with Crippen molar-refractivity contribution in [2.24, 2.45) is 0 Å². The third-order valence-corrected chi connectivity index (χ3v) is 5.28. The number of carbonyl (C=O) groups is 1. The lowest BCUT2D eigenvalue weighted by atomic mass is 10.1. The summed E-state index contributed by atoms with van der Waals surface area (Å²) in [6.45, 7) is 1.90. The zero-order chi connectivity index (χ0) is 20.7. The van der Waals surface area contributed by atoms with Gasteiger partial charge in [-0.1, -0.05) is 12.1 Å². The van der Waals surface area contributed by atoms with Crippen molar-refractivity contribution in [1.82, 2.24) is 5.32 Å². The summed E-state index contributed by atoms with van der Waals surface area (Å²) in [6.07, 6.45) is 2.76. The normalized spacial score (nSPS) is 13.3. The van der Waals surface area contributed by atoms with Crippen LogP contribution in [0.2, 0.25) is 0 Å². The van der Waals surface area contributed by atoms with Crippen LogP contribution in [0.3, 0.4) is 0 Å². The van der Waals surface area contributed by atoms with E-state index in [1.807, 2.05) is 0 Å². The number of phenolic OH excluding ortho intramolecular Hbond substituents is 4. The molecule has 0 aromatic heterocycles. The molecule has 9 heteroatoms. The number of hydrogen-bond donors (Lipinski definition) is 5. The average Bonchev–Trinajstić information content (AvgIpc) is 2.65. The van der Waals surface area contributed by atoms with Gasteiger partial charge in [0.15, 0.2) is 23.0 Å². The summed E-state index contributed by atoms with van der Waals surface area (Å²) in [5, 5.41) is 40.4. The van der Waals surface area contributed by atoms with Gasteiger partial charge in [-0.3, -0.25) is 9.36 Å². The molecule has 2 aromatic carbocycles. The second kappa shape index (κ2) is 9.82. The van der Waals surface area contributed by atoms with E-state index in [9.17, 15) is 29.8 Å². The van der Waals surface area contributed by atoms with Gasteiger partial charge in [0.2, 0.25) is 13.9 Å². The van der Waals surface area contributed by atoms with Gasteiger partial charge in [0.1, 0.15) is 5.78 Å². The molecule has 0 aliphatic heterocycles. The van der Waals surface area contributed by atoms with Gasteiger partial charge in [-0.2, -0.15) is 0 Å². The van der Waals surface area contributed by atoms with Crippen LogP contribution >= 0.6 is 8.03 Å². The van der Waals surface area contributed by atoms with Crippen molar-refractivity contribution in [3.63, 3.8) is 0 Å². The van der Waals surface area contributed by atoms with Crippen LogP contribution in [0, 0.1) is 0 Å². The Kier molecular flexibility index (Phi) is 7.49. The van der Waals surface area contributed by atoms with E-state index < -0.39 is 19.7 Å². The highest BCUT2D eigenvalue weighted by molar-refractivity contribution is 7.40. The number of amides is 1. The number of carbonyl (C=O) groups excluding carboxylic acids is 1. The third-order valence-electron chi connectivity index (χ3n) is 3.79. The molecular weight excluding hydrogens is 385 g/mol. The van der Waals surface area contributed by atoms with Gasteiger partial charge in [-0.25, -0.2) is 0 Å². The molecule has 0 saturated carbocycles. The first-order chi connectivity index (χ1) is 13.3. The Morgan fingerprint density at radius 1 is 1.07 bits per heavy atom. The van der Waals surface area contributed by atoms with Crippen LogP contribution in [0.4, 0.5) is 0 Å². The molecule has 28 heavy (non-hydrogen) atoms. The lowest BCUT2D eigenvalue weighted by molar-refractivity contribution is -0.116. The second-order valence-electron chi connectivity index (χ2n) is 5.92. The Labute approximate surface area is 162 Å². The quantitative estimate of drug-likeness (QED) is 0.258. The Hall–Kier alpha value is -2.96. The largest absolute Gasteiger partial charge is 0.504 e. The maximum Gasteiger partial charge on any atom is 0.244 e. The summed E-state index contributed by atoms with van der Waals surface area (Å²) >= 11 is 0. The SMILES string of the molecule is CCO[PH](=O)C(Cc1ccc(O)c(O)c1)NC(=O)/C=C/c1ccc(O)c(O)c1. The highest BCUT2D eigenvalue weighted by atomic mass is 31.1. The summed E-state index contributed by atoms with van der Waals surface area (Å²) in [5.41, 5.74) is 1.05. The van der Waals surface area contributed by atoms with E-state index in [4.69, 9.17) is 4.52 Å². The lowest BCUT2D eigenvalue weighted by Crippen LogP contribution is -2.33. The predicted octanol–water partition coefficient (Wildman–Crippen LogP) is 2.72. The van der Waals surface area contributed by atoms with Crippen molar-refractivity contribution in [2.75, 3.05) is 6.61 Å². The lowest BCUT2D eigenvalue weighted by Gasteiger charge is -2.18. The molecule has 0 bridgehead atoms. The van der Waals surface area contributed by atoms with Crippen LogP contribution in [-0.4, -0.2) is 38.7 Å². The molecule has 0 fully saturated rings. The molecule has 2 aromatic rings. The molecule has 150 valence electrons. The molecule has 0 heterocycles. The van der Waals surface area contributed by atoms with Crippen molar-refractivity contribution in [1.29, 1.82) is 0 Å². The fraction of sp³-hybridized carbons (Fsp3) is 0.211. The zero-order valence-electron chi connectivity index (χ0n) is 15.1. The Morgan fingerprint density at radius 3 is 2.32 bits per heavy atom. The molecule has 0 spiro atoms. The highest BCUT2D eigenvalue weighted by Crippen LogP contribution is 2.32. The third kappa shape index (κ3) is 6.04. The van der Waals surface area contributed by atoms with Crippen molar-refractivity contribution < 1.29 is 34.3 Å². The summed E-state index contributed by atoms with van der Waals surface area (Å²) in [4.78, 5) is 12.2. The molecule has 2 atom stereocenters. The Balaban J connectivity index is 2.11. The van der Waals surface area contributed by atoms with Crippen LogP contribution in [-0.2, 0) is 20.3 Å². The highest BCUT2D eigenvalue weighted by Gasteiger charge is 2.20. The van der Waals surface area contributed by atoms with E-state index in [1.165, 1.54) is 42.5 Å². The van der Waals surface area contributed by atoms with Crippen molar-refractivity contribution in [3.8, 4) is 23.0 Å². The molecule has 8 nitrogen and oxygen atoms in total. The van der Waals surface area contributed by atoms with E-state index in [0.717, 1.165) is 0 Å². The number of hydrogen-bond acceptors (Lipinski definition) is 7. The predicted molar refractivity (Wildman–Crippen MR) is 105 cm³/mol. The van der Waals surface area contributed by atoms with E-state index in [0.29, 0.717) is 11.1 Å². The number of aromatic hydroxyl groups is 4. The summed E-state index contributed by atoms with van der Waals surface area (Å²) in [5.74, 6) is -2.52. The fourth-order valence-corrected chi connectivity index (χ4v) is 3.55. The standard InChI is InChI=1S/C19H22NO7P/c1-2-27-28(26)19(11-13-4-7-15(22)17(24)10-13)20-18(25)8-5-12-3-6-14(21)16(23)9-12/h3-10,19,21-24,28H,2,11H2,1H3,(H,20,25)/b8-5+. The summed E-state index contributed by atoms with van der Waals surface area (Å²) < 4.78 is 17.5. The maximum absolute atomic E-state index is 12.3.